The van der Waals surface area contributed by atoms with Crippen molar-refractivity contribution in [2.24, 2.45) is 5.92 Å². The van der Waals surface area contributed by atoms with E-state index in [1.54, 1.807) is 0 Å². The molecule has 1 N–H and O–H groups in total. The summed E-state index contributed by atoms with van der Waals surface area (Å²) in [6.45, 7) is 0.781. The minimum atomic E-state index is 0.0304. The van der Waals surface area contributed by atoms with E-state index >= 15 is 0 Å². The minimum absolute atomic E-state index is 0.0304. The van der Waals surface area contributed by atoms with Crippen molar-refractivity contribution in [3.8, 4) is 0 Å². The summed E-state index contributed by atoms with van der Waals surface area (Å²) < 4.78 is 6.06. The molecule has 1 aliphatic carbocycles. The lowest BCUT2D eigenvalue weighted by atomic mass is 9.74. The van der Waals surface area contributed by atoms with Crippen molar-refractivity contribution in [2.75, 3.05) is 25.2 Å². The molecule has 3 nitrogen and oxygen atoms in total. The van der Waals surface area contributed by atoms with Crippen molar-refractivity contribution in [3.63, 3.8) is 0 Å². The molecular weight excluding hydrogens is 282 g/mol. The first-order valence-corrected chi connectivity index (χ1v) is 9.76. The quantitative estimate of drug-likeness (QED) is 0.865. The third-order valence-electron chi connectivity index (χ3n) is 5.87. The number of nitrogens with one attached hydrogen (secondary N) is 1. The van der Waals surface area contributed by atoms with E-state index in [-0.39, 0.29) is 17.1 Å². The average molecular weight is 311 g/mol. The van der Waals surface area contributed by atoms with Crippen LogP contribution in [0.15, 0.2) is 0 Å². The van der Waals surface area contributed by atoms with Crippen LogP contribution >= 0.6 is 11.8 Å². The number of carbonyl (C=O) groups excluding carboxylic acids is 1. The fourth-order valence-corrected chi connectivity index (χ4v) is 5.77. The van der Waals surface area contributed by atoms with Gasteiger partial charge in [-0.3, -0.25) is 4.79 Å². The maximum absolute atomic E-state index is 12.9. The molecule has 0 aromatic heterocycles. The van der Waals surface area contributed by atoms with Gasteiger partial charge in [0.25, 0.3) is 0 Å². The molecule has 4 heteroatoms. The molecule has 0 radical (unpaired) electrons. The van der Waals surface area contributed by atoms with Gasteiger partial charge in [0.05, 0.1) is 5.60 Å². The van der Waals surface area contributed by atoms with Crippen molar-refractivity contribution in [3.05, 3.63) is 0 Å². The third-order valence-corrected chi connectivity index (χ3v) is 7.09. The van der Waals surface area contributed by atoms with Crippen LogP contribution in [0.1, 0.15) is 57.8 Å². The highest BCUT2D eigenvalue weighted by molar-refractivity contribution is 7.99. The Labute approximate surface area is 133 Å². The Hall–Kier alpha value is -0.0600. The van der Waals surface area contributed by atoms with Gasteiger partial charge in [0.15, 0.2) is 0 Å². The zero-order chi connectivity index (χ0) is 14.8. The second-order valence-electron chi connectivity index (χ2n) is 7.26. The van der Waals surface area contributed by atoms with Gasteiger partial charge in [-0.2, -0.15) is 11.8 Å². The zero-order valence-corrected chi connectivity index (χ0v) is 14.1. The van der Waals surface area contributed by atoms with E-state index in [2.05, 4.69) is 5.32 Å². The second-order valence-corrected chi connectivity index (χ2v) is 8.36. The number of thioether (sulfide) groups is 1. The minimum Gasteiger partial charge on any atom is -0.374 e. The van der Waals surface area contributed by atoms with Gasteiger partial charge in [-0.25, -0.2) is 0 Å². The molecular formula is C17H29NO2S. The highest BCUT2D eigenvalue weighted by Crippen LogP contribution is 2.42. The molecule has 3 rings (SSSR count). The molecule has 1 saturated carbocycles. The molecule has 0 bridgehead atoms. The monoisotopic (exact) mass is 311 g/mol. The number of Topliss-reactive ketones (excluding diaryl/α,β-unsaturated/α-hetero) is 1. The Morgan fingerprint density at radius 3 is 2.76 bits per heavy atom. The van der Waals surface area contributed by atoms with Gasteiger partial charge in [0.1, 0.15) is 5.78 Å². The molecule has 0 aromatic carbocycles. The van der Waals surface area contributed by atoms with Gasteiger partial charge in [-0.05, 0) is 44.9 Å². The van der Waals surface area contributed by atoms with E-state index in [1.807, 2.05) is 18.8 Å². The largest absolute Gasteiger partial charge is 0.374 e. The first kappa shape index (κ1) is 15.8. The van der Waals surface area contributed by atoms with Crippen LogP contribution in [0, 0.1) is 5.92 Å². The predicted molar refractivity (Wildman–Crippen MR) is 87.8 cm³/mol. The summed E-state index contributed by atoms with van der Waals surface area (Å²) in [5.41, 5.74) is 0.119. The fourth-order valence-electron chi connectivity index (χ4n) is 4.39. The van der Waals surface area contributed by atoms with Crippen LogP contribution in [0.5, 0.6) is 0 Å². The zero-order valence-electron chi connectivity index (χ0n) is 13.3. The molecule has 3 aliphatic rings. The lowest BCUT2D eigenvalue weighted by Crippen LogP contribution is -2.49. The summed E-state index contributed by atoms with van der Waals surface area (Å²) in [5.74, 6) is 3.02. The van der Waals surface area contributed by atoms with Gasteiger partial charge in [-0.1, -0.05) is 19.3 Å². The maximum Gasteiger partial charge on any atom is 0.138 e. The van der Waals surface area contributed by atoms with Gasteiger partial charge in [-0.15, -0.1) is 0 Å². The molecule has 2 saturated heterocycles. The summed E-state index contributed by atoms with van der Waals surface area (Å²) in [7, 11) is 2.04. The van der Waals surface area contributed by atoms with Gasteiger partial charge in [0.2, 0.25) is 0 Å². The number of rotatable bonds is 4. The Balaban J connectivity index is 1.61. The molecule has 0 amide bonds. The molecule has 2 aliphatic heterocycles. The highest BCUT2D eigenvalue weighted by Gasteiger charge is 2.43. The summed E-state index contributed by atoms with van der Waals surface area (Å²) in [6, 6.07) is 0. The van der Waals surface area contributed by atoms with Crippen LogP contribution in [0.4, 0.5) is 0 Å². The van der Waals surface area contributed by atoms with Gasteiger partial charge < -0.3 is 10.1 Å². The Morgan fingerprint density at radius 1 is 1.29 bits per heavy atom. The normalized spacial score (nSPS) is 36.0. The van der Waals surface area contributed by atoms with E-state index in [9.17, 15) is 4.79 Å². The average Bonchev–Trinajstić information content (AvgIpc) is 2.96. The number of hydrogen-bond acceptors (Lipinski definition) is 4. The van der Waals surface area contributed by atoms with Gasteiger partial charge in [0, 0.05) is 30.2 Å². The topological polar surface area (TPSA) is 38.3 Å². The molecule has 1 spiro atoms. The van der Waals surface area contributed by atoms with Crippen LogP contribution in [0.2, 0.25) is 0 Å². The molecule has 2 heterocycles. The van der Waals surface area contributed by atoms with Crippen molar-refractivity contribution >= 4 is 17.5 Å². The molecule has 0 aromatic rings. The number of ketones is 1. The third kappa shape index (κ3) is 3.48. The molecule has 3 fully saturated rings. The van der Waals surface area contributed by atoms with Crippen molar-refractivity contribution in [2.45, 2.75) is 68.9 Å². The van der Waals surface area contributed by atoms with Crippen LogP contribution in [0.3, 0.4) is 0 Å². The lowest BCUT2D eigenvalue weighted by molar-refractivity contribution is -0.135. The van der Waals surface area contributed by atoms with Crippen LogP contribution in [-0.4, -0.2) is 42.1 Å². The van der Waals surface area contributed by atoms with Crippen LogP contribution in [0.25, 0.3) is 0 Å². The van der Waals surface area contributed by atoms with Crippen molar-refractivity contribution < 1.29 is 9.53 Å². The predicted octanol–water partition coefficient (Wildman–Crippen LogP) is 3.17. The molecule has 2 unspecified atom stereocenters. The lowest BCUT2D eigenvalue weighted by Gasteiger charge is -2.40. The smallest absolute Gasteiger partial charge is 0.138 e. The van der Waals surface area contributed by atoms with E-state index in [0.717, 1.165) is 38.0 Å². The molecule has 21 heavy (non-hydrogen) atoms. The highest BCUT2D eigenvalue weighted by atomic mass is 32.2. The summed E-state index contributed by atoms with van der Waals surface area (Å²) in [5, 5.41) is 3.49. The Morgan fingerprint density at radius 2 is 2.10 bits per heavy atom. The summed E-state index contributed by atoms with van der Waals surface area (Å²) >= 11 is 1.98. The van der Waals surface area contributed by atoms with E-state index in [4.69, 9.17) is 4.74 Å². The van der Waals surface area contributed by atoms with Gasteiger partial charge >= 0.3 is 0 Å². The molecule has 2 atom stereocenters. The first-order valence-electron chi connectivity index (χ1n) is 8.60. The first-order chi connectivity index (χ1) is 10.2. The summed E-state index contributed by atoms with van der Waals surface area (Å²) in [6.07, 6.45) is 9.97. The molecule has 120 valence electrons. The Kier molecular flexibility index (Phi) is 4.97. The number of carbonyl (C=O) groups is 1. The summed E-state index contributed by atoms with van der Waals surface area (Å²) in [4.78, 5) is 12.9. The van der Waals surface area contributed by atoms with Crippen LogP contribution in [-0.2, 0) is 9.53 Å². The second kappa shape index (κ2) is 6.59. The Bertz CT molecular complexity index is 373. The van der Waals surface area contributed by atoms with Crippen molar-refractivity contribution in [1.29, 1.82) is 0 Å². The van der Waals surface area contributed by atoms with E-state index in [0.29, 0.717) is 5.78 Å². The van der Waals surface area contributed by atoms with Crippen molar-refractivity contribution in [1.82, 2.24) is 5.32 Å². The maximum atomic E-state index is 12.9. The van der Waals surface area contributed by atoms with Crippen LogP contribution < -0.4 is 5.32 Å². The van der Waals surface area contributed by atoms with E-state index < -0.39 is 0 Å². The number of hydrogen-bond donors (Lipinski definition) is 1. The fraction of sp³-hybridized carbons (Fsp3) is 0.941. The number of ether oxygens (including phenoxy) is 1. The van der Waals surface area contributed by atoms with E-state index in [1.165, 1.54) is 37.9 Å². The SMILES string of the molecule is CNC1(CC(=O)C2CCOC3(CCSC3)C2)CCCCC1. The standard InChI is InChI=1S/C17H29NO2S/c1-18-16(6-3-2-4-7-16)12-15(19)14-5-9-20-17(11-14)8-10-21-13-17/h14,18H,2-13H2,1H3.